The maximum absolute atomic E-state index is 13.6. The van der Waals surface area contributed by atoms with E-state index in [1.165, 1.54) is 12.1 Å². The molecule has 2 N–H and O–H groups in total. The Bertz CT molecular complexity index is 1060. The molecule has 1 heterocycles. The summed E-state index contributed by atoms with van der Waals surface area (Å²) in [7, 11) is 0. The van der Waals surface area contributed by atoms with Gasteiger partial charge in [-0.05, 0) is 62.8 Å². The van der Waals surface area contributed by atoms with Crippen LogP contribution >= 0.6 is 0 Å². The first-order valence-electron chi connectivity index (χ1n) is 12.1. The lowest BCUT2D eigenvalue weighted by Crippen LogP contribution is -2.27. The van der Waals surface area contributed by atoms with Crippen molar-refractivity contribution in [1.82, 2.24) is 4.98 Å². The standard InChI is InChI=1S/C29H38FNO4/c1-18(2)14-22-15-26(20-8-10-21(30)11-9-20)25(28(31-22)19(3)4)13-12-23(32)16-24(33)17-27(34)35-29(5,6)7/h8-11,15,18-19,23-24,32-33H,14,16-17H2,1-7H3/t23-,24-/m1/s1. The molecular weight excluding hydrogens is 445 g/mol. The van der Waals surface area contributed by atoms with Crippen LogP contribution in [-0.2, 0) is 16.0 Å². The Hall–Kier alpha value is -2.75. The Balaban J connectivity index is 2.38. The van der Waals surface area contributed by atoms with Crippen LogP contribution in [0.2, 0.25) is 0 Å². The zero-order valence-corrected chi connectivity index (χ0v) is 21.9. The lowest BCUT2D eigenvalue weighted by molar-refractivity contribution is -0.157. The Morgan fingerprint density at radius 2 is 1.74 bits per heavy atom. The van der Waals surface area contributed by atoms with Crippen LogP contribution < -0.4 is 0 Å². The molecule has 6 heteroatoms. The molecule has 2 aromatic rings. The maximum atomic E-state index is 13.6. The third kappa shape index (κ3) is 9.43. The Morgan fingerprint density at radius 3 is 2.29 bits per heavy atom. The number of aliphatic hydroxyl groups excluding tert-OH is 2. The molecule has 190 valence electrons. The van der Waals surface area contributed by atoms with Crippen LogP contribution in [0.25, 0.3) is 11.1 Å². The molecule has 0 radical (unpaired) electrons. The average molecular weight is 484 g/mol. The highest BCUT2D eigenvalue weighted by Gasteiger charge is 2.21. The molecule has 5 nitrogen and oxygen atoms in total. The van der Waals surface area contributed by atoms with E-state index < -0.39 is 23.8 Å². The van der Waals surface area contributed by atoms with E-state index in [9.17, 15) is 19.4 Å². The maximum Gasteiger partial charge on any atom is 0.308 e. The van der Waals surface area contributed by atoms with Gasteiger partial charge >= 0.3 is 5.97 Å². The van der Waals surface area contributed by atoms with E-state index in [2.05, 4.69) is 25.7 Å². The van der Waals surface area contributed by atoms with Gasteiger partial charge in [-0.1, -0.05) is 51.7 Å². The fourth-order valence-corrected chi connectivity index (χ4v) is 3.68. The van der Waals surface area contributed by atoms with Crippen molar-refractivity contribution in [2.45, 2.75) is 91.5 Å². The van der Waals surface area contributed by atoms with Gasteiger partial charge < -0.3 is 14.9 Å². The highest BCUT2D eigenvalue weighted by atomic mass is 19.1. The number of nitrogens with zero attached hydrogens (tertiary/aromatic N) is 1. The summed E-state index contributed by atoms with van der Waals surface area (Å²) in [5.41, 5.74) is 3.39. The number of hydrogen-bond donors (Lipinski definition) is 2. The second-order valence-corrected chi connectivity index (χ2v) is 10.6. The van der Waals surface area contributed by atoms with Gasteiger partial charge in [-0.15, -0.1) is 0 Å². The average Bonchev–Trinajstić information content (AvgIpc) is 2.70. The number of esters is 1. The molecule has 35 heavy (non-hydrogen) atoms. The number of ether oxygens (including phenoxy) is 1. The molecule has 1 aromatic heterocycles. The van der Waals surface area contributed by atoms with Gasteiger partial charge in [0.2, 0.25) is 0 Å². The SMILES string of the molecule is CC(C)Cc1cc(-c2ccc(F)cc2)c(C#C[C@@H](O)C[C@@H](O)CC(=O)OC(C)(C)C)c(C(C)C)n1. The van der Waals surface area contributed by atoms with Gasteiger partial charge in [-0.25, -0.2) is 4.39 Å². The number of carbonyl (C=O) groups is 1. The molecule has 0 fully saturated rings. The predicted octanol–water partition coefficient (Wildman–Crippen LogP) is 5.40. The first-order chi connectivity index (χ1) is 16.2. The molecule has 0 aliphatic heterocycles. The zero-order chi connectivity index (χ0) is 26.3. The molecule has 0 unspecified atom stereocenters. The molecule has 0 bridgehead atoms. The van der Waals surface area contributed by atoms with E-state index in [0.717, 1.165) is 28.9 Å². The smallest absolute Gasteiger partial charge is 0.308 e. The van der Waals surface area contributed by atoms with Crippen LogP contribution in [0.5, 0.6) is 0 Å². The summed E-state index contributed by atoms with van der Waals surface area (Å²) in [6, 6.07) is 8.21. The van der Waals surface area contributed by atoms with Gasteiger partial charge in [0.05, 0.1) is 23.8 Å². The number of pyridine rings is 1. The third-order valence-corrected chi connectivity index (χ3v) is 5.10. The van der Waals surface area contributed by atoms with Crippen molar-refractivity contribution in [3.63, 3.8) is 0 Å². The Labute approximate surface area is 208 Å². The third-order valence-electron chi connectivity index (χ3n) is 5.10. The van der Waals surface area contributed by atoms with Crippen molar-refractivity contribution in [3.8, 4) is 23.0 Å². The van der Waals surface area contributed by atoms with Crippen molar-refractivity contribution in [3.05, 3.63) is 53.1 Å². The summed E-state index contributed by atoms with van der Waals surface area (Å²) < 4.78 is 18.8. The second-order valence-electron chi connectivity index (χ2n) is 10.6. The van der Waals surface area contributed by atoms with Crippen LogP contribution in [-0.4, -0.2) is 39.0 Å². The van der Waals surface area contributed by atoms with Gasteiger partial charge in [-0.3, -0.25) is 9.78 Å². The van der Waals surface area contributed by atoms with Crippen molar-refractivity contribution in [1.29, 1.82) is 0 Å². The lowest BCUT2D eigenvalue weighted by Gasteiger charge is -2.20. The van der Waals surface area contributed by atoms with Crippen LogP contribution in [0.1, 0.15) is 84.2 Å². The number of carbonyl (C=O) groups excluding carboxylic acids is 1. The topological polar surface area (TPSA) is 79.7 Å². The number of rotatable bonds is 8. The van der Waals surface area contributed by atoms with E-state index in [4.69, 9.17) is 9.72 Å². The van der Waals surface area contributed by atoms with Crippen LogP contribution in [0.4, 0.5) is 4.39 Å². The molecule has 1 aromatic carbocycles. The number of benzene rings is 1. The van der Waals surface area contributed by atoms with Gasteiger partial charge in [0, 0.05) is 17.7 Å². The molecule has 0 saturated heterocycles. The molecule has 2 atom stereocenters. The summed E-state index contributed by atoms with van der Waals surface area (Å²) in [6.45, 7) is 13.6. The van der Waals surface area contributed by atoms with E-state index in [1.807, 2.05) is 19.9 Å². The number of hydrogen-bond acceptors (Lipinski definition) is 5. The molecule has 0 saturated carbocycles. The molecule has 0 aliphatic carbocycles. The monoisotopic (exact) mass is 483 g/mol. The van der Waals surface area contributed by atoms with Crippen molar-refractivity contribution < 1.29 is 24.1 Å². The number of aliphatic hydroxyl groups is 2. The summed E-state index contributed by atoms with van der Waals surface area (Å²) >= 11 is 0. The van der Waals surface area contributed by atoms with Crippen molar-refractivity contribution in [2.24, 2.45) is 5.92 Å². The fourth-order valence-electron chi connectivity index (χ4n) is 3.68. The minimum Gasteiger partial charge on any atom is -0.460 e. The summed E-state index contributed by atoms with van der Waals surface area (Å²) in [4.78, 5) is 16.8. The summed E-state index contributed by atoms with van der Waals surface area (Å²) in [5.74, 6) is 5.50. The number of halogens is 1. The molecule has 0 spiro atoms. The Kier molecular flexibility index (Phi) is 10.00. The largest absolute Gasteiger partial charge is 0.460 e. The minimum atomic E-state index is -1.15. The molecular formula is C29H38FNO4. The fraction of sp³-hybridized carbons (Fsp3) is 0.517. The normalized spacial score (nSPS) is 13.4. The second kappa shape index (κ2) is 12.3. The highest BCUT2D eigenvalue weighted by molar-refractivity contribution is 5.73. The van der Waals surface area contributed by atoms with Crippen LogP contribution in [0.3, 0.4) is 0 Å². The van der Waals surface area contributed by atoms with Crippen molar-refractivity contribution >= 4 is 5.97 Å². The highest BCUT2D eigenvalue weighted by Crippen LogP contribution is 2.30. The summed E-state index contributed by atoms with van der Waals surface area (Å²) in [6.07, 6.45) is -1.75. The van der Waals surface area contributed by atoms with E-state index in [1.54, 1.807) is 32.9 Å². The molecule has 2 rings (SSSR count). The minimum absolute atomic E-state index is 0.0699. The predicted molar refractivity (Wildman–Crippen MR) is 136 cm³/mol. The summed E-state index contributed by atoms with van der Waals surface area (Å²) in [5, 5.41) is 20.7. The van der Waals surface area contributed by atoms with E-state index >= 15 is 0 Å². The first-order valence-corrected chi connectivity index (χ1v) is 12.1. The first kappa shape index (κ1) is 28.5. The molecule has 0 aliphatic rings. The number of aromatic nitrogens is 1. The van der Waals surface area contributed by atoms with Crippen LogP contribution in [0.15, 0.2) is 30.3 Å². The van der Waals surface area contributed by atoms with Gasteiger partial charge in [0.1, 0.15) is 17.5 Å². The van der Waals surface area contributed by atoms with Gasteiger partial charge in [0.25, 0.3) is 0 Å². The van der Waals surface area contributed by atoms with Crippen molar-refractivity contribution in [2.75, 3.05) is 0 Å². The van der Waals surface area contributed by atoms with Gasteiger partial charge in [0.15, 0.2) is 0 Å². The van der Waals surface area contributed by atoms with E-state index in [-0.39, 0.29) is 24.6 Å². The lowest BCUT2D eigenvalue weighted by atomic mass is 9.92. The molecule has 0 amide bonds. The Morgan fingerprint density at radius 1 is 1.11 bits per heavy atom. The zero-order valence-electron chi connectivity index (χ0n) is 21.9. The van der Waals surface area contributed by atoms with Gasteiger partial charge in [-0.2, -0.15) is 0 Å². The van der Waals surface area contributed by atoms with E-state index in [0.29, 0.717) is 11.5 Å². The quantitative estimate of drug-likeness (QED) is 0.388. The van der Waals surface area contributed by atoms with Crippen LogP contribution in [0, 0.1) is 23.6 Å².